The average molecular weight is 345 g/mol. The third-order valence-corrected chi connectivity index (χ3v) is 4.13. The van der Waals surface area contributed by atoms with Gasteiger partial charge in [0.25, 0.3) is 0 Å². The van der Waals surface area contributed by atoms with Gasteiger partial charge in [-0.05, 0) is 31.4 Å². The molecule has 0 saturated heterocycles. The van der Waals surface area contributed by atoms with Gasteiger partial charge in [0.2, 0.25) is 0 Å². The largest absolute Gasteiger partial charge is 0.461 e. The van der Waals surface area contributed by atoms with Crippen molar-refractivity contribution in [1.29, 1.82) is 0 Å². The van der Waals surface area contributed by atoms with Crippen LogP contribution in [0.25, 0.3) is 11.0 Å². The molecule has 7 heteroatoms. The number of carbonyl (C=O) groups is 2. The molecule has 7 nitrogen and oxygen atoms in total. The van der Waals surface area contributed by atoms with Crippen molar-refractivity contribution in [3.63, 3.8) is 0 Å². The quantitative estimate of drug-likeness (QED) is 0.661. The van der Waals surface area contributed by atoms with Crippen LogP contribution in [-0.2, 0) is 20.9 Å². The van der Waals surface area contributed by atoms with Crippen LogP contribution in [0.3, 0.4) is 0 Å². The molecule has 0 bridgehead atoms. The van der Waals surface area contributed by atoms with Crippen LogP contribution < -0.4 is 10.9 Å². The first kappa shape index (κ1) is 17.0. The number of esters is 1. The van der Waals surface area contributed by atoms with E-state index in [1.54, 1.807) is 19.1 Å². The van der Waals surface area contributed by atoms with Crippen molar-refractivity contribution in [3.8, 4) is 0 Å². The zero-order valence-electron chi connectivity index (χ0n) is 14.0. The molecule has 0 aliphatic heterocycles. The summed E-state index contributed by atoms with van der Waals surface area (Å²) in [4.78, 5) is 35.1. The molecular weight excluding hydrogens is 326 g/mol. The Labute approximate surface area is 143 Å². The molecule has 132 valence electrons. The lowest BCUT2D eigenvalue weighted by Crippen LogP contribution is -2.13. The van der Waals surface area contributed by atoms with E-state index in [2.05, 4.69) is 5.32 Å². The molecule has 1 aromatic heterocycles. The zero-order valence-corrected chi connectivity index (χ0v) is 14.0. The van der Waals surface area contributed by atoms with Gasteiger partial charge in [0.05, 0.1) is 12.5 Å². The molecule has 1 aliphatic carbocycles. The summed E-state index contributed by atoms with van der Waals surface area (Å²) >= 11 is 0. The fourth-order valence-electron chi connectivity index (χ4n) is 2.62. The van der Waals surface area contributed by atoms with Gasteiger partial charge in [-0.25, -0.2) is 9.59 Å². The van der Waals surface area contributed by atoms with E-state index < -0.39 is 11.7 Å². The van der Waals surface area contributed by atoms with Crippen LogP contribution in [0.4, 0.5) is 10.5 Å². The fourth-order valence-corrected chi connectivity index (χ4v) is 2.62. The molecule has 1 heterocycles. The van der Waals surface area contributed by atoms with E-state index >= 15 is 0 Å². The van der Waals surface area contributed by atoms with E-state index in [9.17, 15) is 14.4 Å². The van der Waals surface area contributed by atoms with Crippen molar-refractivity contribution < 1.29 is 23.5 Å². The molecular formula is C18H19NO6. The topological polar surface area (TPSA) is 94.8 Å². The second kappa shape index (κ2) is 6.96. The van der Waals surface area contributed by atoms with Gasteiger partial charge in [0, 0.05) is 28.8 Å². The van der Waals surface area contributed by atoms with Gasteiger partial charge in [0.15, 0.2) is 0 Å². The third kappa shape index (κ3) is 3.99. The van der Waals surface area contributed by atoms with Crippen molar-refractivity contribution in [2.24, 2.45) is 11.8 Å². The average Bonchev–Trinajstić information content (AvgIpc) is 3.29. The maximum atomic E-state index is 11.9. The number of carbonyl (C=O) groups excluding carboxylic acids is 2. The molecule has 2 aromatic rings. The number of ether oxygens (including phenoxy) is 2. The first-order valence-electron chi connectivity index (χ1n) is 8.15. The summed E-state index contributed by atoms with van der Waals surface area (Å²) in [6.45, 7) is 3.96. The number of fused-ring (bicyclic) bond motifs is 1. The molecule has 1 saturated carbocycles. The normalized spacial score (nSPS) is 18.6. The number of nitrogens with one attached hydrogen (secondary N) is 1. The highest BCUT2D eigenvalue weighted by atomic mass is 16.5. The van der Waals surface area contributed by atoms with Gasteiger partial charge in [-0.2, -0.15) is 0 Å². The van der Waals surface area contributed by atoms with Gasteiger partial charge in [-0.15, -0.1) is 0 Å². The summed E-state index contributed by atoms with van der Waals surface area (Å²) in [5.74, 6) is 0.0860. The van der Waals surface area contributed by atoms with Crippen LogP contribution >= 0.6 is 0 Å². The Morgan fingerprint density at radius 2 is 2.04 bits per heavy atom. The van der Waals surface area contributed by atoms with E-state index in [-0.39, 0.29) is 25.1 Å². The first-order valence-corrected chi connectivity index (χ1v) is 8.15. The molecule has 0 spiro atoms. The molecule has 1 amide bonds. The summed E-state index contributed by atoms with van der Waals surface area (Å²) in [6.07, 6.45) is 0.257. The van der Waals surface area contributed by atoms with E-state index in [1.807, 2.05) is 6.92 Å². The van der Waals surface area contributed by atoms with Crippen LogP contribution in [0.15, 0.2) is 33.5 Å². The molecule has 1 fully saturated rings. The lowest BCUT2D eigenvalue weighted by atomic mass is 10.1. The van der Waals surface area contributed by atoms with Gasteiger partial charge in [0.1, 0.15) is 12.2 Å². The Kier molecular flexibility index (Phi) is 4.74. The van der Waals surface area contributed by atoms with E-state index in [1.165, 1.54) is 12.1 Å². The SMILES string of the molecule is CCOC(=O)Nc1ccc2c(COC(=O)[C@@H]3C[C@H]3C)cc(=O)oc2c1. The lowest BCUT2D eigenvalue weighted by molar-refractivity contribution is -0.146. The van der Waals surface area contributed by atoms with Crippen LogP contribution in [0, 0.1) is 11.8 Å². The second-order valence-electron chi connectivity index (χ2n) is 6.07. The summed E-state index contributed by atoms with van der Waals surface area (Å²) in [5, 5.41) is 3.19. The number of rotatable bonds is 5. The zero-order chi connectivity index (χ0) is 18.0. The number of anilines is 1. The Balaban J connectivity index is 1.80. The van der Waals surface area contributed by atoms with Gasteiger partial charge >= 0.3 is 17.7 Å². The van der Waals surface area contributed by atoms with Crippen molar-refractivity contribution in [1.82, 2.24) is 0 Å². The Morgan fingerprint density at radius 1 is 1.28 bits per heavy atom. The monoisotopic (exact) mass is 345 g/mol. The van der Waals surface area contributed by atoms with Crippen molar-refractivity contribution in [2.75, 3.05) is 11.9 Å². The lowest BCUT2D eigenvalue weighted by Gasteiger charge is -2.09. The van der Waals surface area contributed by atoms with Crippen LogP contribution in [-0.4, -0.2) is 18.7 Å². The van der Waals surface area contributed by atoms with Gasteiger partial charge in [-0.1, -0.05) is 6.92 Å². The fraction of sp³-hybridized carbons (Fsp3) is 0.389. The minimum absolute atomic E-state index is 0.00874. The second-order valence-corrected chi connectivity index (χ2v) is 6.07. The molecule has 25 heavy (non-hydrogen) atoms. The summed E-state index contributed by atoms with van der Waals surface area (Å²) in [6, 6.07) is 6.20. The molecule has 2 atom stereocenters. The standard InChI is InChI=1S/C18H19NO6/c1-3-23-18(22)19-12-4-5-13-11(7-16(20)25-15(13)8-12)9-24-17(21)14-6-10(14)2/h4-5,7-8,10,14H,3,6,9H2,1-2H3,(H,19,22)/t10-,14-/m1/s1. The maximum absolute atomic E-state index is 11.9. The van der Waals surface area contributed by atoms with Crippen LogP contribution in [0.5, 0.6) is 0 Å². The van der Waals surface area contributed by atoms with Crippen molar-refractivity contribution >= 4 is 28.7 Å². The molecule has 1 aromatic carbocycles. The minimum atomic E-state index is -0.590. The number of amides is 1. The number of hydrogen-bond acceptors (Lipinski definition) is 6. The Morgan fingerprint density at radius 3 is 2.72 bits per heavy atom. The summed E-state index contributed by atoms with van der Waals surface area (Å²) < 4.78 is 15.3. The highest BCUT2D eigenvalue weighted by Crippen LogP contribution is 2.38. The summed E-state index contributed by atoms with van der Waals surface area (Å²) in [7, 11) is 0. The molecule has 1 N–H and O–H groups in total. The molecule has 0 radical (unpaired) electrons. The van der Waals surface area contributed by atoms with Crippen LogP contribution in [0.2, 0.25) is 0 Å². The Bertz CT molecular complexity index is 871. The molecule has 3 rings (SSSR count). The smallest absolute Gasteiger partial charge is 0.411 e. The van der Waals surface area contributed by atoms with Gasteiger partial charge < -0.3 is 13.9 Å². The first-order chi connectivity index (χ1) is 12.0. The highest BCUT2D eigenvalue weighted by Gasteiger charge is 2.40. The summed E-state index contributed by atoms with van der Waals surface area (Å²) in [5.41, 5.74) is 0.755. The van der Waals surface area contributed by atoms with E-state index in [0.717, 1.165) is 6.42 Å². The van der Waals surface area contributed by atoms with Gasteiger partial charge in [-0.3, -0.25) is 10.1 Å². The highest BCUT2D eigenvalue weighted by molar-refractivity contribution is 5.90. The number of hydrogen-bond donors (Lipinski definition) is 1. The van der Waals surface area contributed by atoms with E-state index in [0.29, 0.717) is 28.1 Å². The van der Waals surface area contributed by atoms with E-state index in [4.69, 9.17) is 13.9 Å². The molecule has 0 unspecified atom stereocenters. The maximum Gasteiger partial charge on any atom is 0.411 e. The Hall–Kier alpha value is -2.83. The van der Waals surface area contributed by atoms with Crippen LogP contribution in [0.1, 0.15) is 25.8 Å². The third-order valence-electron chi connectivity index (χ3n) is 4.13. The van der Waals surface area contributed by atoms with Crippen molar-refractivity contribution in [3.05, 3.63) is 40.2 Å². The minimum Gasteiger partial charge on any atom is -0.461 e. The van der Waals surface area contributed by atoms with Crippen molar-refractivity contribution in [2.45, 2.75) is 26.9 Å². The number of benzene rings is 1. The predicted octanol–water partition coefficient (Wildman–Crippen LogP) is 3.06. The molecule has 1 aliphatic rings. The predicted molar refractivity (Wildman–Crippen MR) is 90.2 cm³/mol.